The van der Waals surface area contributed by atoms with Crippen molar-refractivity contribution in [3.8, 4) is 10.7 Å². The molecule has 1 aliphatic heterocycles. The molecule has 7 nitrogen and oxygen atoms in total. The molecule has 0 radical (unpaired) electrons. The van der Waals surface area contributed by atoms with Crippen molar-refractivity contribution in [1.82, 2.24) is 9.97 Å². The molecule has 1 aromatic carbocycles. The Morgan fingerprint density at radius 2 is 2.25 bits per heavy atom. The number of aromatic nitrogens is 2. The van der Waals surface area contributed by atoms with Crippen LogP contribution in [-0.2, 0) is 21.2 Å². The van der Waals surface area contributed by atoms with Gasteiger partial charge >= 0.3 is 5.97 Å². The van der Waals surface area contributed by atoms with Crippen LogP contribution in [0.5, 0.6) is 0 Å². The molecule has 146 valence electrons. The van der Waals surface area contributed by atoms with Gasteiger partial charge in [0, 0.05) is 17.8 Å². The molecule has 0 amide bonds. The highest BCUT2D eigenvalue weighted by Crippen LogP contribution is 2.36. The van der Waals surface area contributed by atoms with Gasteiger partial charge in [0.1, 0.15) is 9.59 Å². The minimum Gasteiger partial charge on any atom is -0.481 e. The van der Waals surface area contributed by atoms with Crippen molar-refractivity contribution in [2.24, 2.45) is 0 Å². The van der Waals surface area contributed by atoms with Gasteiger partial charge in [-0.1, -0.05) is 18.2 Å². The van der Waals surface area contributed by atoms with E-state index in [9.17, 15) is 13.2 Å². The van der Waals surface area contributed by atoms with Gasteiger partial charge in [0.25, 0.3) is 0 Å². The van der Waals surface area contributed by atoms with Gasteiger partial charge in [-0.15, -0.1) is 23.1 Å². The molecule has 2 aromatic heterocycles. The molecule has 2 N–H and O–H groups in total. The lowest BCUT2D eigenvalue weighted by atomic mass is 10.2. The number of fused-ring (bicyclic) bond motifs is 1. The van der Waals surface area contributed by atoms with E-state index in [1.165, 1.54) is 27.4 Å². The van der Waals surface area contributed by atoms with E-state index in [0.29, 0.717) is 28.3 Å². The number of hydrogen-bond acceptors (Lipinski definition) is 6. The first kappa shape index (κ1) is 19.0. The van der Waals surface area contributed by atoms with E-state index in [2.05, 4.69) is 9.97 Å². The topological polar surface area (TPSA) is 103 Å². The molecule has 3 aromatic rings. The third-order valence-corrected chi connectivity index (χ3v) is 9.11. The Hall–Kier alpha value is -2.30. The van der Waals surface area contributed by atoms with Gasteiger partial charge in [0.2, 0.25) is 10.0 Å². The number of hydrogen-bond donors (Lipinski definition) is 2. The van der Waals surface area contributed by atoms with Crippen molar-refractivity contribution >= 4 is 55.7 Å². The zero-order chi connectivity index (χ0) is 19.9. The number of aromatic amines is 1. The highest BCUT2D eigenvalue weighted by Gasteiger charge is 2.32. The molecule has 1 atom stereocenters. The number of allylic oxidation sites excluding steroid dienone is 1. The summed E-state index contributed by atoms with van der Waals surface area (Å²) in [5.74, 6) is -0.929. The minimum absolute atomic E-state index is 0.129. The summed E-state index contributed by atoms with van der Waals surface area (Å²) in [5.41, 5.74) is 2.50. The second-order valence-electron chi connectivity index (χ2n) is 6.32. The van der Waals surface area contributed by atoms with Crippen LogP contribution in [0.1, 0.15) is 12.1 Å². The summed E-state index contributed by atoms with van der Waals surface area (Å²) in [4.78, 5) is 18.5. The number of aliphatic carboxylic acids is 1. The molecule has 1 aliphatic rings. The highest BCUT2D eigenvalue weighted by molar-refractivity contribution is 8.15. The van der Waals surface area contributed by atoms with E-state index >= 15 is 0 Å². The van der Waals surface area contributed by atoms with Crippen LogP contribution in [0, 0.1) is 0 Å². The van der Waals surface area contributed by atoms with E-state index < -0.39 is 20.6 Å². The molecule has 4 rings (SSSR count). The van der Waals surface area contributed by atoms with Gasteiger partial charge in [-0.2, -0.15) is 0 Å². The molecule has 0 bridgehead atoms. The van der Waals surface area contributed by atoms with Crippen molar-refractivity contribution in [3.63, 3.8) is 0 Å². The number of thioether (sulfide) groups is 1. The Kier molecular flexibility index (Phi) is 4.94. The number of thiazole rings is 1. The molecule has 0 saturated heterocycles. The van der Waals surface area contributed by atoms with Gasteiger partial charge < -0.3 is 10.1 Å². The first-order valence-corrected chi connectivity index (χ1v) is 11.8. The van der Waals surface area contributed by atoms with E-state index in [1.807, 2.05) is 29.7 Å². The van der Waals surface area contributed by atoms with Crippen molar-refractivity contribution in [1.29, 1.82) is 0 Å². The summed E-state index contributed by atoms with van der Waals surface area (Å²) in [6, 6.07) is 7.38. The third-order valence-electron chi connectivity index (χ3n) is 4.46. The van der Waals surface area contributed by atoms with Crippen molar-refractivity contribution in [3.05, 3.63) is 46.8 Å². The number of carboxylic acid groups (broad SMARTS) is 1. The first-order valence-electron chi connectivity index (χ1n) is 8.43. The predicted molar refractivity (Wildman–Crippen MR) is 113 cm³/mol. The Labute approximate surface area is 170 Å². The average Bonchev–Trinajstić information content (AvgIpc) is 3.39. The molecule has 0 spiro atoms. The zero-order valence-electron chi connectivity index (χ0n) is 14.8. The molecule has 0 fully saturated rings. The zero-order valence-corrected chi connectivity index (χ0v) is 17.3. The molecule has 0 aliphatic carbocycles. The smallest absolute Gasteiger partial charge is 0.309 e. The molecule has 1 unspecified atom stereocenters. The third kappa shape index (κ3) is 3.43. The monoisotopic (exact) mass is 435 g/mol. The molecule has 0 saturated carbocycles. The van der Waals surface area contributed by atoms with Crippen LogP contribution in [0.3, 0.4) is 0 Å². The molecular formula is C18H17N3O4S3. The van der Waals surface area contributed by atoms with E-state index in [-0.39, 0.29) is 6.42 Å². The van der Waals surface area contributed by atoms with Crippen LogP contribution in [0.2, 0.25) is 0 Å². The Morgan fingerprint density at radius 1 is 1.43 bits per heavy atom. The maximum Gasteiger partial charge on any atom is 0.309 e. The lowest BCUT2D eigenvalue weighted by molar-refractivity contribution is -0.136. The van der Waals surface area contributed by atoms with Gasteiger partial charge in [0.15, 0.2) is 0 Å². The number of sulfonamides is 1. The second-order valence-corrected chi connectivity index (χ2v) is 10.7. The minimum atomic E-state index is -3.51. The van der Waals surface area contributed by atoms with Crippen LogP contribution < -0.4 is 4.31 Å². The number of rotatable bonds is 6. The van der Waals surface area contributed by atoms with Gasteiger partial charge in [-0.25, -0.2) is 13.4 Å². The number of anilines is 1. The average molecular weight is 436 g/mol. The Bertz CT molecular complexity index is 1170. The van der Waals surface area contributed by atoms with Crippen LogP contribution in [0.15, 0.2) is 41.1 Å². The van der Waals surface area contributed by atoms with Gasteiger partial charge in [-0.05, 0) is 24.0 Å². The normalized spacial score (nSPS) is 16.7. The standard InChI is InChI=1S/C18H17N3O4S3/c1-21(28(24,25)16-6-3-7-26-16)14-5-2-4-11-8-13(20-17(11)14)18-19-12(10-27-18)9-15(22)23/h2-5,7-8,10,16,20H,6,9H2,1H3,(H,22,23). The SMILES string of the molecule is CN(c1cccc2cc(-c3nc(CC(=O)O)cs3)[nH]c12)S(=O)(=O)C1CC=CS1. The number of H-pyrrole nitrogens is 1. The summed E-state index contributed by atoms with van der Waals surface area (Å²) >= 11 is 2.66. The van der Waals surface area contributed by atoms with Crippen LogP contribution >= 0.6 is 23.1 Å². The number of nitrogens with zero attached hydrogens (tertiary/aromatic N) is 2. The van der Waals surface area contributed by atoms with Gasteiger partial charge in [0.05, 0.1) is 29.0 Å². The fourth-order valence-corrected chi connectivity index (χ4v) is 6.74. The van der Waals surface area contributed by atoms with Crippen LogP contribution in [-0.4, -0.2) is 41.1 Å². The number of para-hydroxylation sites is 1. The molecule has 10 heteroatoms. The van der Waals surface area contributed by atoms with Crippen LogP contribution in [0.4, 0.5) is 5.69 Å². The summed E-state index contributed by atoms with van der Waals surface area (Å²) in [5, 5.41) is 14.0. The predicted octanol–water partition coefficient (Wildman–Crippen LogP) is 3.66. The van der Waals surface area contributed by atoms with E-state index in [0.717, 1.165) is 11.1 Å². The van der Waals surface area contributed by atoms with E-state index in [1.54, 1.807) is 18.5 Å². The molecule has 3 heterocycles. The summed E-state index contributed by atoms with van der Waals surface area (Å²) in [7, 11) is -1.95. The number of carbonyl (C=O) groups is 1. The lowest BCUT2D eigenvalue weighted by Crippen LogP contribution is -2.33. The fourth-order valence-electron chi connectivity index (χ4n) is 3.06. The van der Waals surface area contributed by atoms with Crippen molar-refractivity contribution in [2.45, 2.75) is 17.4 Å². The summed E-state index contributed by atoms with van der Waals surface area (Å²) in [6.45, 7) is 0. The fraction of sp³-hybridized carbons (Fsp3) is 0.222. The number of benzene rings is 1. The second kappa shape index (κ2) is 7.26. The largest absolute Gasteiger partial charge is 0.481 e. The van der Waals surface area contributed by atoms with Crippen molar-refractivity contribution in [2.75, 3.05) is 11.4 Å². The maximum absolute atomic E-state index is 12.9. The molecule has 28 heavy (non-hydrogen) atoms. The molecular weight excluding hydrogens is 418 g/mol. The van der Waals surface area contributed by atoms with Gasteiger partial charge in [-0.3, -0.25) is 9.10 Å². The Balaban J connectivity index is 1.71. The van der Waals surface area contributed by atoms with Crippen LogP contribution in [0.25, 0.3) is 21.6 Å². The highest BCUT2D eigenvalue weighted by atomic mass is 32.3. The Morgan fingerprint density at radius 3 is 2.96 bits per heavy atom. The van der Waals surface area contributed by atoms with E-state index in [4.69, 9.17) is 5.11 Å². The number of nitrogens with one attached hydrogen (secondary N) is 1. The van der Waals surface area contributed by atoms with Crippen molar-refractivity contribution < 1.29 is 18.3 Å². The number of carboxylic acids is 1. The summed E-state index contributed by atoms with van der Waals surface area (Å²) < 4.78 is 26.7. The maximum atomic E-state index is 12.9. The lowest BCUT2D eigenvalue weighted by Gasteiger charge is -2.23. The first-order chi connectivity index (χ1) is 13.4. The quantitative estimate of drug-likeness (QED) is 0.612. The summed E-state index contributed by atoms with van der Waals surface area (Å²) in [6.07, 6.45) is 2.23.